The van der Waals surface area contributed by atoms with Crippen LogP contribution < -0.4 is 0 Å². The number of carbonyl (C=O) groups is 3. The first-order valence-corrected chi connectivity index (χ1v) is 10.0. The second-order valence-electron chi connectivity index (χ2n) is 7.97. The molecule has 5 nitrogen and oxygen atoms in total. The Hall–Kier alpha value is -2.17. The van der Waals surface area contributed by atoms with Gasteiger partial charge in [-0.2, -0.15) is 0 Å². The molecule has 27 heavy (non-hydrogen) atoms. The van der Waals surface area contributed by atoms with Gasteiger partial charge in [-0.15, -0.1) is 0 Å². The molecule has 0 aliphatic carbocycles. The Labute approximate surface area is 162 Å². The van der Waals surface area contributed by atoms with Crippen LogP contribution in [0.15, 0.2) is 30.3 Å². The number of aryl methyl sites for hydroxylation is 1. The molecule has 1 heterocycles. The van der Waals surface area contributed by atoms with Gasteiger partial charge in [-0.25, -0.2) is 0 Å². The van der Waals surface area contributed by atoms with Crippen molar-refractivity contribution in [3.8, 4) is 0 Å². The maximum Gasteiger partial charge on any atom is 0.292 e. The molecule has 0 N–H and O–H groups in total. The standard InChI is InChI=1S/C22H32N2O3/c1-4-22(2,3)20(26)21(27)24-16-9-8-14-19(24)23(17-25)15-10-13-18-11-6-5-7-12-18/h5-7,11-12,17,19H,4,8-10,13-16H2,1-3H3/t19-/m0/s1. The van der Waals surface area contributed by atoms with Crippen LogP contribution in [0.1, 0.15) is 58.4 Å². The third-order valence-electron chi connectivity index (χ3n) is 5.67. The van der Waals surface area contributed by atoms with E-state index < -0.39 is 11.3 Å². The number of benzene rings is 1. The summed E-state index contributed by atoms with van der Waals surface area (Å²) in [6.07, 6.45) is 5.41. The zero-order valence-corrected chi connectivity index (χ0v) is 16.8. The van der Waals surface area contributed by atoms with Crippen molar-refractivity contribution >= 4 is 18.1 Å². The molecule has 1 atom stereocenters. The van der Waals surface area contributed by atoms with Crippen LogP contribution in [0, 0.1) is 5.41 Å². The predicted molar refractivity (Wildman–Crippen MR) is 106 cm³/mol. The van der Waals surface area contributed by atoms with Crippen molar-refractivity contribution in [1.82, 2.24) is 9.80 Å². The number of ketones is 1. The lowest BCUT2D eigenvalue weighted by atomic mass is 9.84. The minimum absolute atomic E-state index is 0.309. The van der Waals surface area contributed by atoms with Crippen LogP contribution in [-0.2, 0) is 20.8 Å². The predicted octanol–water partition coefficient (Wildman–Crippen LogP) is 3.42. The highest BCUT2D eigenvalue weighted by molar-refractivity contribution is 6.38. The van der Waals surface area contributed by atoms with Crippen molar-refractivity contribution in [2.75, 3.05) is 13.1 Å². The highest BCUT2D eigenvalue weighted by Crippen LogP contribution is 2.26. The Balaban J connectivity index is 2.03. The summed E-state index contributed by atoms with van der Waals surface area (Å²) >= 11 is 0. The summed E-state index contributed by atoms with van der Waals surface area (Å²) in [5, 5.41) is 0. The molecule has 1 aliphatic heterocycles. The molecule has 148 valence electrons. The number of hydrogen-bond donors (Lipinski definition) is 0. The SMILES string of the molecule is CCC(C)(C)C(=O)C(=O)N1CCCC[C@H]1N(C=O)CCCc1ccccc1. The average molecular weight is 373 g/mol. The number of carbonyl (C=O) groups excluding carboxylic acids is 3. The second kappa shape index (κ2) is 9.67. The third kappa shape index (κ3) is 5.41. The number of rotatable bonds is 9. The molecule has 0 radical (unpaired) electrons. The highest BCUT2D eigenvalue weighted by Gasteiger charge is 2.39. The number of Topliss-reactive ketones (excluding diaryl/α,β-unsaturated/α-hetero) is 1. The molecule has 1 aliphatic rings. The first kappa shape index (κ1) is 21.1. The normalized spacial score (nSPS) is 17.4. The first-order chi connectivity index (χ1) is 12.9. The number of piperidine rings is 1. The molecule has 1 fully saturated rings. The maximum atomic E-state index is 12.9. The molecule has 0 unspecified atom stereocenters. The smallest absolute Gasteiger partial charge is 0.292 e. The molecule has 0 bridgehead atoms. The van der Waals surface area contributed by atoms with Crippen molar-refractivity contribution in [2.24, 2.45) is 5.41 Å². The van der Waals surface area contributed by atoms with Crippen molar-refractivity contribution < 1.29 is 14.4 Å². The van der Waals surface area contributed by atoms with E-state index in [0.717, 1.165) is 38.5 Å². The van der Waals surface area contributed by atoms with E-state index in [9.17, 15) is 14.4 Å². The van der Waals surface area contributed by atoms with Crippen LogP contribution in [0.3, 0.4) is 0 Å². The summed E-state index contributed by atoms with van der Waals surface area (Å²) < 4.78 is 0. The van der Waals surface area contributed by atoms with Crippen LogP contribution >= 0.6 is 0 Å². The Morgan fingerprint density at radius 2 is 1.93 bits per heavy atom. The number of amides is 2. The monoisotopic (exact) mass is 372 g/mol. The van der Waals surface area contributed by atoms with Gasteiger partial charge in [0.2, 0.25) is 12.2 Å². The van der Waals surface area contributed by atoms with Gasteiger partial charge >= 0.3 is 0 Å². The summed E-state index contributed by atoms with van der Waals surface area (Å²) in [6.45, 7) is 6.66. The molecule has 2 amide bonds. The molecule has 0 spiro atoms. The Bertz CT molecular complexity index is 642. The average Bonchev–Trinajstić information content (AvgIpc) is 2.71. The molecule has 1 saturated heterocycles. The maximum absolute atomic E-state index is 12.9. The second-order valence-corrected chi connectivity index (χ2v) is 7.97. The fourth-order valence-corrected chi connectivity index (χ4v) is 3.46. The molecule has 0 aromatic heterocycles. The third-order valence-corrected chi connectivity index (χ3v) is 5.67. The Morgan fingerprint density at radius 3 is 2.56 bits per heavy atom. The lowest BCUT2D eigenvalue weighted by Gasteiger charge is -2.41. The zero-order chi connectivity index (χ0) is 19.9. The summed E-state index contributed by atoms with van der Waals surface area (Å²) in [7, 11) is 0. The van der Waals surface area contributed by atoms with E-state index in [2.05, 4.69) is 12.1 Å². The van der Waals surface area contributed by atoms with Crippen LogP contribution in [0.2, 0.25) is 0 Å². The van der Waals surface area contributed by atoms with Gasteiger partial charge in [0.15, 0.2) is 0 Å². The minimum Gasteiger partial charge on any atom is -0.325 e. The van der Waals surface area contributed by atoms with E-state index >= 15 is 0 Å². The summed E-state index contributed by atoms with van der Waals surface area (Å²) in [4.78, 5) is 40.6. The van der Waals surface area contributed by atoms with Gasteiger partial charge in [0.1, 0.15) is 6.17 Å². The molecule has 1 aromatic rings. The lowest BCUT2D eigenvalue weighted by molar-refractivity contribution is -0.156. The number of nitrogens with zero attached hydrogens (tertiary/aromatic N) is 2. The topological polar surface area (TPSA) is 57.7 Å². The van der Waals surface area contributed by atoms with Gasteiger partial charge in [-0.1, -0.05) is 51.1 Å². The Morgan fingerprint density at radius 1 is 1.22 bits per heavy atom. The summed E-state index contributed by atoms with van der Waals surface area (Å²) in [6, 6.07) is 10.2. The number of likely N-dealkylation sites (tertiary alicyclic amines) is 1. The molecular formula is C22H32N2O3. The van der Waals surface area contributed by atoms with E-state index in [-0.39, 0.29) is 11.9 Å². The molecular weight excluding hydrogens is 340 g/mol. The van der Waals surface area contributed by atoms with Crippen molar-refractivity contribution in [3.63, 3.8) is 0 Å². The minimum atomic E-state index is -0.668. The van der Waals surface area contributed by atoms with Crippen LogP contribution in [0.4, 0.5) is 0 Å². The van der Waals surface area contributed by atoms with Crippen LogP contribution in [0.5, 0.6) is 0 Å². The van der Waals surface area contributed by atoms with Gasteiger partial charge in [-0.05, 0) is 44.1 Å². The van der Waals surface area contributed by atoms with Gasteiger partial charge in [0, 0.05) is 18.5 Å². The van der Waals surface area contributed by atoms with Gasteiger partial charge < -0.3 is 9.80 Å². The summed E-state index contributed by atoms with van der Waals surface area (Å²) in [5.41, 5.74) is 0.568. The largest absolute Gasteiger partial charge is 0.325 e. The van der Waals surface area contributed by atoms with Crippen molar-refractivity contribution in [3.05, 3.63) is 35.9 Å². The van der Waals surface area contributed by atoms with E-state index in [1.165, 1.54) is 5.56 Å². The van der Waals surface area contributed by atoms with E-state index in [0.29, 0.717) is 19.5 Å². The highest BCUT2D eigenvalue weighted by atomic mass is 16.2. The molecule has 5 heteroatoms. The Kier molecular flexibility index (Phi) is 7.57. The number of hydrogen-bond acceptors (Lipinski definition) is 3. The first-order valence-electron chi connectivity index (χ1n) is 10.0. The quantitative estimate of drug-likeness (QED) is 0.493. The molecule has 2 rings (SSSR count). The summed E-state index contributed by atoms with van der Waals surface area (Å²) in [5.74, 6) is -0.798. The van der Waals surface area contributed by atoms with Crippen molar-refractivity contribution in [1.29, 1.82) is 0 Å². The fraction of sp³-hybridized carbons (Fsp3) is 0.591. The lowest BCUT2D eigenvalue weighted by Crippen LogP contribution is -2.56. The van der Waals surface area contributed by atoms with E-state index in [4.69, 9.17) is 0 Å². The van der Waals surface area contributed by atoms with Gasteiger partial charge in [0.05, 0.1) is 0 Å². The van der Waals surface area contributed by atoms with Gasteiger partial charge in [0.25, 0.3) is 5.91 Å². The van der Waals surface area contributed by atoms with Crippen LogP contribution in [0.25, 0.3) is 0 Å². The molecule has 0 saturated carbocycles. The molecule has 1 aromatic carbocycles. The van der Waals surface area contributed by atoms with Crippen molar-refractivity contribution in [2.45, 2.75) is 65.5 Å². The van der Waals surface area contributed by atoms with Crippen LogP contribution in [-0.4, -0.2) is 47.2 Å². The van der Waals surface area contributed by atoms with Gasteiger partial charge in [-0.3, -0.25) is 14.4 Å². The van der Waals surface area contributed by atoms with E-state index in [1.807, 2.05) is 39.0 Å². The zero-order valence-electron chi connectivity index (χ0n) is 16.8. The van der Waals surface area contributed by atoms with E-state index in [1.54, 1.807) is 9.80 Å². The fourth-order valence-electron chi connectivity index (χ4n) is 3.46.